The van der Waals surface area contributed by atoms with Crippen LogP contribution in [0.25, 0.3) is 0 Å². The average Bonchev–Trinajstić information content (AvgIpc) is 2.69. The van der Waals surface area contributed by atoms with Gasteiger partial charge in [-0.1, -0.05) is 0 Å². The zero-order valence-electron chi connectivity index (χ0n) is 10.9. The number of nitrogens with two attached hydrogens (primary N) is 1. The van der Waals surface area contributed by atoms with E-state index in [2.05, 4.69) is 10.4 Å². The van der Waals surface area contributed by atoms with Crippen molar-refractivity contribution in [1.82, 2.24) is 20.0 Å². The van der Waals surface area contributed by atoms with E-state index in [-0.39, 0.29) is 24.8 Å². The van der Waals surface area contributed by atoms with Crippen LogP contribution in [0.4, 0.5) is 5.69 Å². The Hall–Kier alpha value is -2.05. The third kappa shape index (κ3) is 3.22. The van der Waals surface area contributed by atoms with E-state index in [0.717, 1.165) is 0 Å². The Labute approximate surface area is 106 Å². The van der Waals surface area contributed by atoms with Crippen LogP contribution in [0.2, 0.25) is 0 Å². The molecular weight excluding hydrogens is 234 g/mol. The molecule has 7 heteroatoms. The first-order chi connectivity index (χ1) is 8.47. The number of aryl methyl sites for hydroxylation is 1. The lowest BCUT2D eigenvalue weighted by Gasteiger charge is -2.11. The maximum absolute atomic E-state index is 11.9. The molecule has 0 aromatic carbocycles. The van der Waals surface area contributed by atoms with Crippen molar-refractivity contribution in [3.8, 4) is 0 Å². The van der Waals surface area contributed by atoms with Gasteiger partial charge in [-0.3, -0.25) is 14.3 Å². The van der Waals surface area contributed by atoms with Gasteiger partial charge in [0.05, 0.1) is 11.9 Å². The standard InChI is InChI=1S/C11H19N5O2/c1-4-16-10(8(12)7-14-16)11(18)13-6-5-9(17)15(2)3/h7H,4-6,12H2,1-3H3,(H,13,18). The van der Waals surface area contributed by atoms with Gasteiger partial charge in [0.1, 0.15) is 5.69 Å². The minimum atomic E-state index is -0.307. The van der Waals surface area contributed by atoms with Gasteiger partial charge < -0.3 is 16.0 Å². The van der Waals surface area contributed by atoms with Crippen LogP contribution in [0.1, 0.15) is 23.8 Å². The summed E-state index contributed by atoms with van der Waals surface area (Å²) in [5.41, 5.74) is 6.36. The van der Waals surface area contributed by atoms with E-state index in [4.69, 9.17) is 5.73 Å². The second-order valence-electron chi connectivity index (χ2n) is 4.06. The van der Waals surface area contributed by atoms with Gasteiger partial charge in [-0.2, -0.15) is 5.10 Å². The van der Waals surface area contributed by atoms with E-state index in [0.29, 0.717) is 17.9 Å². The molecule has 0 unspecified atom stereocenters. The largest absolute Gasteiger partial charge is 0.396 e. The number of carbonyl (C=O) groups excluding carboxylic acids is 2. The first-order valence-electron chi connectivity index (χ1n) is 5.77. The predicted molar refractivity (Wildman–Crippen MR) is 68.0 cm³/mol. The average molecular weight is 253 g/mol. The third-order valence-corrected chi connectivity index (χ3v) is 2.51. The van der Waals surface area contributed by atoms with Crippen LogP contribution in [-0.2, 0) is 11.3 Å². The molecule has 100 valence electrons. The summed E-state index contributed by atoms with van der Waals surface area (Å²) in [6.45, 7) is 2.72. The van der Waals surface area contributed by atoms with Crippen LogP contribution in [0.3, 0.4) is 0 Å². The minimum absolute atomic E-state index is 0.0349. The summed E-state index contributed by atoms with van der Waals surface area (Å²) in [6.07, 6.45) is 1.71. The summed E-state index contributed by atoms with van der Waals surface area (Å²) in [6, 6.07) is 0. The van der Waals surface area contributed by atoms with Crippen LogP contribution in [0.15, 0.2) is 6.20 Å². The lowest BCUT2D eigenvalue weighted by atomic mass is 10.3. The number of anilines is 1. The van der Waals surface area contributed by atoms with Crippen LogP contribution in [0, 0.1) is 0 Å². The Bertz CT molecular complexity index is 439. The molecule has 0 saturated heterocycles. The zero-order chi connectivity index (χ0) is 13.7. The van der Waals surface area contributed by atoms with Gasteiger partial charge in [-0.25, -0.2) is 0 Å². The molecule has 2 amide bonds. The fraction of sp³-hybridized carbons (Fsp3) is 0.545. The van der Waals surface area contributed by atoms with E-state index in [1.54, 1.807) is 14.1 Å². The molecular formula is C11H19N5O2. The second-order valence-corrected chi connectivity index (χ2v) is 4.06. The van der Waals surface area contributed by atoms with Crippen molar-refractivity contribution < 1.29 is 9.59 Å². The number of nitrogen functional groups attached to an aromatic ring is 1. The molecule has 3 N–H and O–H groups in total. The van der Waals surface area contributed by atoms with Gasteiger partial charge >= 0.3 is 0 Å². The highest BCUT2D eigenvalue weighted by molar-refractivity contribution is 5.97. The van der Waals surface area contributed by atoms with Gasteiger partial charge in [-0.05, 0) is 6.92 Å². The molecule has 0 aliphatic carbocycles. The van der Waals surface area contributed by atoms with Gasteiger partial charge in [0.2, 0.25) is 5.91 Å². The first-order valence-corrected chi connectivity index (χ1v) is 5.77. The number of hydrogen-bond donors (Lipinski definition) is 2. The van der Waals surface area contributed by atoms with E-state index in [9.17, 15) is 9.59 Å². The number of nitrogens with zero attached hydrogens (tertiary/aromatic N) is 3. The Balaban J connectivity index is 2.55. The Morgan fingerprint density at radius 1 is 1.50 bits per heavy atom. The topological polar surface area (TPSA) is 93.2 Å². The van der Waals surface area contributed by atoms with Crippen molar-refractivity contribution in [3.05, 3.63) is 11.9 Å². The van der Waals surface area contributed by atoms with Crippen molar-refractivity contribution in [2.75, 3.05) is 26.4 Å². The van der Waals surface area contributed by atoms with E-state index in [1.165, 1.54) is 15.8 Å². The molecule has 1 aromatic rings. The molecule has 0 aliphatic rings. The number of carbonyl (C=O) groups is 2. The quantitative estimate of drug-likeness (QED) is 0.753. The molecule has 0 atom stereocenters. The molecule has 18 heavy (non-hydrogen) atoms. The molecule has 0 fully saturated rings. The molecule has 0 radical (unpaired) electrons. The maximum atomic E-state index is 11.9. The molecule has 0 saturated carbocycles. The molecule has 1 rings (SSSR count). The van der Waals surface area contributed by atoms with Crippen LogP contribution >= 0.6 is 0 Å². The molecule has 0 spiro atoms. The van der Waals surface area contributed by atoms with Crippen molar-refractivity contribution in [2.45, 2.75) is 19.9 Å². The first kappa shape index (κ1) is 14.0. The maximum Gasteiger partial charge on any atom is 0.271 e. The highest BCUT2D eigenvalue weighted by Crippen LogP contribution is 2.10. The van der Waals surface area contributed by atoms with Gasteiger partial charge in [0.15, 0.2) is 0 Å². The second kappa shape index (κ2) is 6.04. The molecule has 0 aliphatic heterocycles. The third-order valence-electron chi connectivity index (χ3n) is 2.51. The Morgan fingerprint density at radius 3 is 2.72 bits per heavy atom. The number of hydrogen-bond acceptors (Lipinski definition) is 4. The summed E-state index contributed by atoms with van der Waals surface area (Å²) >= 11 is 0. The van der Waals surface area contributed by atoms with Crippen LogP contribution in [0.5, 0.6) is 0 Å². The highest BCUT2D eigenvalue weighted by Gasteiger charge is 2.16. The smallest absolute Gasteiger partial charge is 0.271 e. The monoisotopic (exact) mass is 253 g/mol. The van der Waals surface area contributed by atoms with Crippen molar-refractivity contribution >= 4 is 17.5 Å². The van der Waals surface area contributed by atoms with Crippen molar-refractivity contribution in [1.29, 1.82) is 0 Å². The van der Waals surface area contributed by atoms with Gasteiger partial charge in [-0.15, -0.1) is 0 Å². The lowest BCUT2D eigenvalue weighted by Crippen LogP contribution is -2.31. The number of aromatic nitrogens is 2. The zero-order valence-corrected chi connectivity index (χ0v) is 10.9. The summed E-state index contributed by atoms with van der Waals surface area (Å²) in [7, 11) is 3.35. The predicted octanol–water partition coefficient (Wildman–Crippen LogP) is -0.307. The van der Waals surface area contributed by atoms with E-state index < -0.39 is 0 Å². The molecule has 0 bridgehead atoms. The van der Waals surface area contributed by atoms with Gasteiger partial charge in [0.25, 0.3) is 5.91 Å². The summed E-state index contributed by atoms with van der Waals surface area (Å²) in [4.78, 5) is 24.7. The summed E-state index contributed by atoms with van der Waals surface area (Å²) in [5.74, 6) is -0.342. The van der Waals surface area contributed by atoms with E-state index >= 15 is 0 Å². The number of amides is 2. The van der Waals surface area contributed by atoms with Gasteiger partial charge in [0, 0.05) is 33.6 Å². The van der Waals surface area contributed by atoms with Crippen LogP contribution < -0.4 is 11.1 Å². The number of nitrogens with one attached hydrogen (secondary N) is 1. The minimum Gasteiger partial charge on any atom is -0.396 e. The van der Waals surface area contributed by atoms with E-state index in [1.807, 2.05) is 6.92 Å². The fourth-order valence-corrected chi connectivity index (χ4v) is 1.48. The lowest BCUT2D eigenvalue weighted by molar-refractivity contribution is -0.128. The summed E-state index contributed by atoms with van der Waals surface area (Å²) < 4.78 is 1.53. The van der Waals surface area contributed by atoms with Crippen LogP contribution in [-0.4, -0.2) is 47.1 Å². The fourth-order valence-electron chi connectivity index (χ4n) is 1.48. The Kier molecular flexibility index (Phi) is 4.70. The van der Waals surface area contributed by atoms with Crippen molar-refractivity contribution in [3.63, 3.8) is 0 Å². The SMILES string of the molecule is CCn1ncc(N)c1C(=O)NCCC(=O)N(C)C. The van der Waals surface area contributed by atoms with Crippen molar-refractivity contribution in [2.24, 2.45) is 0 Å². The molecule has 1 heterocycles. The normalized spacial score (nSPS) is 10.2. The highest BCUT2D eigenvalue weighted by atomic mass is 16.2. The number of rotatable bonds is 5. The summed E-state index contributed by atoms with van der Waals surface area (Å²) in [5, 5.41) is 6.64. The molecule has 7 nitrogen and oxygen atoms in total. The Morgan fingerprint density at radius 2 is 2.17 bits per heavy atom. The molecule has 1 aromatic heterocycles.